The first-order valence-electron chi connectivity index (χ1n) is 6.38. The average molecular weight is 266 g/mol. The van der Waals surface area contributed by atoms with Gasteiger partial charge in [-0.1, -0.05) is 12.1 Å². The molecule has 0 fully saturated rings. The highest BCUT2D eigenvalue weighted by molar-refractivity contribution is 5.76. The van der Waals surface area contributed by atoms with Crippen molar-refractivity contribution >= 4 is 5.91 Å². The zero-order valence-corrected chi connectivity index (χ0v) is 11.6. The van der Waals surface area contributed by atoms with Crippen molar-refractivity contribution in [3.63, 3.8) is 0 Å². The molecule has 2 N–H and O–H groups in total. The van der Waals surface area contributed by atoms with Gasteiger partial charge in [-0.2, -0.15) is 0 Å². The molecule has 19 heavy (non-hydrogen) atoms. The lowest BCUT2D eigenvalue weighted by atomic mass is 10.2. The van der Waals surface area contributed by atoms with E-state index in [2.05, 4.69) is 10.6 Å². The predicted octanol–water partition coefficient (Wildman–Crippen LogP) is 0.937. The van der Waals surface area contributed by atoms with Crippen molar-refractivity contribution < 1.29 is 14.3 Å². The molecule has 1 aromatic carbocycles. The normalized spacial score (nSPS) is 10.2. The molecular weight excluding hydrogens is 244 g/mol. The molecule has 0 aliphatic carbocycles. The lowest BCUT2D eigenvalue weighted by Crippen LogP contribution is -2.26. The highest BCUT2D eigenvalue weighted by atomic mass is 16.5. The summed E-state index contributed by atoms with van der Waals surface area (Å²) >= 11 is 0. The standard InChI is InChI=1S/C14H22N2O3/c1-15-7-6-14(17)16-11-12-4-3-5-13(10-12)19-9-8-18-2/h3-5,10,15H,6-9,11H2,1-2H3,(H,16,17). The number of amides is 1. The Kier molecular flexibility index (Phi) is 7.62. The Hall–Kier alpha value is -1.59. The Balaban J connectivity index is 2.37. The van der Waals surface area contributed by atoms with Crippen LogP contribution in [0.5, 0.6) is 5.75 Å². The fourth-order valence-electron chi connectivity index (χ4n) is 1.52. The van der Waals surface area contributed by atoms with Crippen molar-refractivity contribution in [3.8, 4) is 5.75 Å². The lowest BCUT2D eigenvalue weighted by molar-refractivity contribution is -0.121. The topological polar surface area (TPSA) is 59.6 Å². The van der Waals surface area contributed by atoms with E-state index in [9.17, 15) is 4.79 Å². The van der Waals surface area contributed by atoms with Gasteiger partial charge in [0.15, 0.2) is 0 Å². The van der Waals surface area contributed by atoms with Gasteiger partial charge in [-0.05, 0) is 24.7 Å². The van der Waals surface area contributed by atoms with Crippen LogP contribution in [-0.4, -0.2) is 39.8 Å². The van der Waals surface area contributed by atoms with Crippen LogP contribution >= 0.6 is 0 Å². The Morgan fingerprint density at radius 1 is 1.32 bits per heavy atom. The second kappa shape index (κ2) is 9.35. The molecule has 0 aliphatic rings. The molecule has 0 unspecified atom stereocenters. The summed E-state index contributed by atoms with van der Waals surface area (Å²) in [6.45, 7) is 2.29. The number of benzene rings is 1. The Morgan fingerprint density at radius 2 is 2.16 bits per heavy atom. The summed E-state index contributed by atoms with van der Waals surface area (Å²) in [6, 6.07) is 7.69. The summed E-state index contributed by atoms with van der Waals surface area (Å²) in [7, 11) is 3.47. The van der Waals surface area contributed by atoms with Crippen molar-refractivity contribution in [1.82, 2.24) is 10.6 Å². The highest BCUT2D eigenvalue weighted by Gasteiger charge is 2.01. The zero-order valence-electron chi connectivity index (χ0n) is 11.6. The van der Waals surface area contributed by atoms with Crippen LogP contribution in [0, 0.1) is 0 Å². The summed E-state index contributed by atoms with van der Waals surface area (Å²) in [5.41, 5.74) is 1.02. The van der Waals surface area contributed by atoms with Gasteiger partial charge >= 0.3 is 0 Å². The molecule has 5 nitrogen and oxygen atoms in total. The minimum absolute atomic E-state index is 0.0417. The van der Waals surface area contributed by atoms with Gasteiger partial charge in [0.2, 0.25) is 5.91 Å². The maximum Gasteiger partial charge on any atom is 0.221 e. The number of hydrogen-bond donors (Lipinski definition) is 2. The molecule has 0 radical (unpaired) electrons. The van der Waals surface area contributed by atoms with Crippen LogP contribution in [0.3, 0.4) is 0 Å². The number of ether oxygens (including phenoxy) is 2. The van der Waals surface area contributed by atoms with E-state index < -0.39 is 0 Å². The third kappa shape index (κ3) is 6.79. The molecular formula is C14H22N2O3. The monoisotopic (exact) mass is 266 g/mol. The number of rotatable bonds is 9. The Bertz CT molecular complexity index is 383. The largest absolute Gasteiger partial charge is 0.491 e. The number of nitrogens with one attached hydrogen (secondary N) is 2. The fraction of sp³-hybridized carbons (Fsp3) is 0.500. The van der Waals surface area contributed by atoms with Gasteiger partial charge in [-0.3, -0.25) is 4.79 Å². The molecule has 0 heterocycles. The van der Waals surface area contributed by atoms with Crippen LogP contribution < -0.4 is 15.4 Å². The second-order valence-electron chi connectivity index (χ2n) is 4.12. The smallest absolute Gasteiger partial charge is 0.221 e. The van der Waals surface area contributed by atoms with E-state index in [1.807, 2.05) is 31.3 Å². The molecule has 0 saturated carbocycles. The number of methoxy groups -OCH3 is 1. The summed E-state index contributed by atoms with van der Waals surface area (Å²) in [5.74, 6) is 0.832. The molecule has 0 saturated heterocycles. The molecule has 1 rings (SSSR count). The van der Waals surface area contributed by atoms with Crippen molar-refractivity contribution in [3.05, 3.63) is 29.8 Å². The molecule has 0 spiro atoms. The van der Waals surface area contributed by atoms with Gasteiger partial charge in [-0.15, -0.1) is 0 Å². The maximum absolute atomic E-state index is 11.5. The molecule has 106 valence electrons. The maximum atomic E-state index is 11.5. The van der Waals surface area contributed by atoms with Gasteiger partial charge in [-0.25, -0.2) is 0 Å². The van der Waals surface area contributed by atoms with E-state index >= 15 is 0 Å². The first-order chi connectivity index (χ1) is 9.26. The summed E-state index contributed by atoms with van der Waals surface area (Å²) in [6.07, 6.45) is 0.487. The van der Waals surface area contributed by atoms with E-state index in [-0.39, 0.29) is 5.91 Å². The number of carbonyl (C=O) groups is 1. The Morgan fingerprint density at radius 3 is 2.89 bits per heavy atom. The van der Waals surface area contributed by atoms with Crippen LogP contribution in [0.1, 0.15) is 12.0 Å². The molecule has 1 amide bonds. The second-order valence-corrected chi connectivity index (χ2v) is 4.12. The van der Waals surface area contributed by atoms with Crippen molar-refractivity contribution in [1.29, 1.82) is 0 Å². The molecule has 0 aromatic heterocycles. The fourth-order valence-corrected chi connectivity index (χ4v) is 1.52. The van der Waals surface area contributed by atoms with E-state index in [0.29, 0.717) is 32.7 Å². The average Bonchev–Trinajstić information content (AvgIpc) is 2.44. The van der Waals surface area contributed by atoms with Crippen LogP contribution in [0.25, 0.3) is 0 Å². The SMILES string of the molecule is CNCCC(=O)NCc1cccc(OCCOC)c1. The van der Waals surface area contributed by atoms with Crippen molar-refractivity contribution in [2.24, 2.45) is 0 Å². The van der Waals surface area contributed by atoms with E-state index in [1.54, 1.807) is 7.11 Å². The summed E-state index contributed by atoms with van der Waals surface area (Å²) in [4.78, 5) is 11.5. The first-order valence-corrected chi connectivity index (χ1v) is 6.38. The molecule has 0 atom stereocenters. The molecule has 5 heteroatoms. The van der Waals surface area contributed by atoms with Crippen molar-refractivity contribution in [2.45, 2.75) is 13.0 Å². The third-order valence-electron chi connectivity index (χ3n) is 2.55. The zero-order chi connectivity index (χ0) is 13.9. The first kappa shape index (κ1) is 15.5. The van der Waals surface area contributed by atoms with Gasteiger partial charge in [0.25, 0.3) is 0 Å². The summed E-state index contributed by atoms with van der Waals surface area (Å²) in [5, 5.41) is 5.81. The van der Waals surface area contributed by atoms with Gasteiger partial charge in [0, 0.05) is 26.6 Å². The van der Waals surface area contributed by atoms with E-state index in [0.717, 1.165) is 11.3 Å². The van der Waals surface area contributed by atoms with Gasteiger partial charge in [0.05, 0.1) is 6.61 Å². The van der Waals surface area contributed by atoms with E-state index in [4.69, 9.17) is 9.47 Å². The third-order valence-corrected chi connectivity index (χ3v) is 2.55. The predicted molar refractivity (Wildman–Crippen MR) is 74.2 cm³/mol. The minimum Gasteiger partial charge on any atom is -0.491 e. The Labute approximate surface area is 114 Å². The quantitative estimate of drug-likeness (QED) is 0.653. The molecule has 0 aliphatic heterocycles. The molecule has 1 aromatic rings. The van der Waals surface area contributed by atoms with Gasteiger partial charge in [0.1, 0.15) is 12.4 Å². The van der Waals surface area contributed by atoms with Crippen LogP contribution in [-0.2, 0) is 16.1 Å². The van der Waals surface area contributed by atoms with Gasteiger partial charge < -0.3 is 20.1 Å². The summed E-state index contributed by atoms with van der Waals surface area (Å²) < 4.78 is 10.4. The lowest BCUT2D eigenvalue weighted by Gasteiger charge is -2.08. The number of carbonyl (C=O) groups excluding carboxylic acids is 1. The van der Waals surface area contributed by atoms with Crippen LogP contribution in [0.2, 0.25) is 0 Å². The van der Waals surface area contributed by atoms with Crippen LogP contribution in [0.15, 0.2) is 24.3 Å². The van der Waals surface area contributed by atoms with E-state index in [1.165, 1.54) is 0 Å². The van der Waals surface area contributed by atoms with Crippen molar-refractivity contribution in [2.75, 3.05) is 33.9 Å². The number of hydrogen-bond acceptors (Lipinski definition) is 4. The van der Waals surface area contributed by atoms with Crippen LogP contribution in [0.4, 0.5) is 0 Å². The highest BCUT2D eigenvalue weighted by Crippen LogP contribution is 2.13. The molecule has 0 bridgehead atoms. The minimum atomic E-state index is 0.0417.